The molecule has 0 saturated heterocycles. The van der Waals surface area contributed by atoms with Crippen molar-refractivity contribution in [1.29, 1.82) is 0 Å². The molecule has 0 fully saturated rings. The summed E-state index contributed by atoms with van der Waals surface area (Å²) < 4.78 is 26.0. The average Bonchev–Trinajstić information content (AvgIpc) is 2.76. The average molecular weight is 292 g/mol. The van der Waals surface area contributed by atoms with Crippen molar-refractivity contribution in [2.24, 2.45) is 0 Å². The Kier molecular flexibility index (Phi) is 4.04. The third-order valence-corrected chi connectivity index (χ3v) is 2.98. The van der Waals surface area contributed by atoms with Gasteiger partial charge in [0.15, 0.2) is 0 Å². The van der Waals surface area contributed by atoms with E-state index in [1.807, 2.05) is 0 Å². The van der Waals surface area contributed by atoms with E-state index in [1.54, 1.807) is 18.2 Å². The highest BCUT2D eigenvalue weighted by Crippen LogP contribution is 2.30. The molecule has 0 aliphatic heterocycles. The van der Waals surface area contributed by atoms with Crippen molar-refractivity contribution in [3.63, 3.8) is 0 Å². The molecule has 1 heterocycles. The molecule has 0 aliphatic rings. The van der Waals surface area contributed by atoms with Crippen LogP contribution in [0.2, 0.25) is 10.0 Å². The molecule has 1 aromatic heterocycles. The third-order valence-electron chi connectivity index (χ3n) is 2.35. The molecule has 0 unspecified atom stereocenters. The third kappa shape index (κ3) is 2.73. The smallest absolute Gasteiger partial charge is 0.319 e. The van der Waals surface area contributed by atoms with E-state index in [0.717, 1.165) is 4.57 Å². The van der Waals surface area contributed by atoms with Crippen LogP contribution in [0.3, 0.4) is 0 Å². The van der Waals surface area contributed by atoms with Gasteiger partial charge in [0.05, 0.1) is 22.3 Å². The molecule has 0 atom stereocenters. The zero-order chi connectivity index (χ0) is 13.1. The Hall–Kier alpha value is -1.33. The first-order valence-electron chi connectivity index (χ1n) is 5.07. The van der Waals surface area contributed by atoms with Crippen molar-refractivity contribution in [3.8, 4) is 0 Å². The van der Waals surface area contributed by atoms with Crippen LogP contribution in [0.15, 0.2) is 30.6 Å². The van der Waals surface area contributed by atoms with Crippen LogP contribution in [0, 0.1) is 0 Å². The summed E-state index contributed by atoms with van der Waals surface area (Å²) in [6.45, 7) is -2.51. The first-order chi connectivity index (χ1) is 8.59. The summed E-state index contributed by atoms with van der Waals surface area (Å²) >= 11 is 11.9. The highest BCUT2D eigenvalue weighted by Gasteiger charge is 2.12. The van der Waals surface area contributed by atoms with E-state index >= 15 is 0 Å². The van der Waals surface area contributed by atoms with Crippen LogP contribution in [0.25, 0.3) is 0 Å². The van der Waals surface area contributed by atoms with Crippen LogP contribution in [0.5, 0.6) is 0 Å². The van der Waals surface area contributed by atoms with Gasteiger partial charge in [-0.2, -0.15) is 8.78 Å². The number of alkyl halides is 2. The molecule has 0 spiro atoms. The Morgan fingerprint density at radius 1 is 1.28 bits per heavy atom. The molecule has 1 aromatic carbocycles. The van der Waals surface area contributed by atoms with Crippen molar-refractivity contribution in [2.45, 2.75) is 13.1 Å². The van der Waals surface area contributed by atoms with Gasteiger partial charge < -0.3 is 5.32 Å². The number of imidazole rings is 1. The predicted molar refractivity (Wildman–Crippen MR) is 67.3 cm³/mol. The molecule has 2 aromatic rings. The fraction of sp³-hybridized carbons (Fsp3) is 0.182. The van der Waals surface area contributed by atoms with Gasteiger partial charge in [0.1, 0.15) is 5.82 Å². The van der Waals surface area contributed by atoms with Crippen molar-refractivity contribution >= 4 is 28.9 Å². The summed E-state index contributed by atoms with van der Waals surface area (Å²) in [4.78, 5) is 3.85. The van der Waals surface area contributed by atoms with Crippen LogP contribution >= 0.6 is 23.2 Å². The second-order valence-corrected chi connectivity index (χ2v) is 4.29. The van der Waals surface area contributed by atoms with Crippen LogP contribution in [0.4, 0.5) is 14.5 Å². The highest BCUT2D eigenvalue weighted by molar-refractivity contribution is 6.39. The molecule has 0 saturated carbocycles. The zero-order valence-corrected chi connectivity index (χ0v) is 10.6. The Morgan fingerprint density at radius 2 is 1.94 bits per heavy atom. The quantitative estimate of drug-likeness (QED) is 0.915. The molecule has 2 rings (SSSR count). The predicted octanol–water partition coefficient (Wildman–Crippen LogP) is 4.20. The molecule has 18 heavy (non-hydrogen) atoms. The minimum absolute atomic E-state index is 0.112. The first-order valence-corrected chi connectivity index (χ1v) is 5.83. The number of nitrogens with zero attached hydrogens (tertiary/aromatic N) is 2. The molecule has 0 aliphatic carbocycles. The number of benzene rings is 1. The van der Waals surface area contributed by atoms with E-state index in [0.29, 0.717) is 15.7 Å². The SMILES string of the molecule is FC(F)n1ccnc1CNc1c(Cl)cccc1Cl. The van der Waals surface area contributed by atoms with Gasteiger partial charge in [-0.3, -0.25) is 4.57 Å². The van der Waals surface area contributed by atoms with Crippen LogP contribution < -0.4 is 5.32 Å². The highest BCUT2D eigenvalue weighted by atomic mass is 35.5. The van der Waals surface area contributed by atoms with E-state index in [2.05, 4.69) is 10.3 Å². The lowest BCUT2D eigenvalue weighted by Crippen LogP contribution is -2.09. The number of anilines is 1. The van der Waals surface area contributed by atoms with Gasteiger partial charge in [-0.25, -0.2) is 4.98 Å². The van der Waals surface area contributed by atoms with Crippen LogP contribution in [0.1, 0.15) is 12.4 Å². The molecule has 3 nitrogen and oxygen atoms in total. The number of nitrogens with one attached hydrogen (secondary N) is 1. The summed E-state index contributed by atoms with van der Waals surface area (Å²) in [6.07, 6.45) is 2.53. The fourth-order valence-corrected chi connectivity index (χ4v) is 2.02. The number of rotatable bonds is 4. The first kappa shape index (κ1) is 13.1. The van der Waals surface area contributed by atoms with Gasteiger partial charge >= 0.3 is 6.55 Å². The lowest BCUT2D eigenvalue weighted by molar-refractivity contribution is 0.0673. The monoisotopic (exact) mass is 291 g/mol. The van der Waals surface area contributed by atoms with Gasteiger partial charge in [0, 0.05) is 12.4 Å². The van der Waals surface area contributed by atoms with Gasteiger partial charge in [-0.1, -0.05) is 29.3 Å². The number of aromatic nitrogens is 2. The van der Waals surface area contributed by atoms with E-state index < -0.39 is 6.55 Å². The summed E-state index contributed by atoms with van der Waals surface area (Å²) in [6, 6.07) is 5.03. The van der Waals surface area contributed by atoms with E-state index in [9.17, 15) is 8.78 Å². The minimum Gasteiger partial charge on any atom is -0.375 e. The summed E-state index contributed by atoms with van der Waals surface area (Å²) in [7, 11) is 0. The van der Waals surface area contributed by atoms with Crippen LogP contribution in [-0.2, 0) is 6.54 Å². The van der Waals surface area contributed by atoms with E-state index in [-0.39, 0.29) is 12.4 Å². The molecular formula is C11H9Cl2F2N3. The largest absolute Gasteiger partial charge is 0.375 e. The lowest BCUT2D eigenvalue weighted by Gasteiger charge is -2.11. The summed E-state index contributed by atoms with van der Waals surface area (Å²) in [5, 5.41) is 3.76. The van der Waals surface area contributed by atoms with E-state index in [1.165, 1.54) is 12.4 Å². The van der Waals surface area contributed by atoms with Crippen molar-refractivity contribution in [3.05, 3.63) is 46.5 Å². The number of hydrogen-bond acceptors (Lipinski definition) is 2. The zero-order valence-electron chi connectivity index (χ0n) is 9.08. The van der Waals surface area contributed by atoms with Gasteiger partial charge in [-0.05, 0) is 12.1 Å². The molecule has 1 N–H and O–H groups in total. The van der Waals surface area contributed by atoms with Gasteiger partial charge in [0.25, 0.3) is 0 Å². The number of hydrogen-bond donors (Lipinski definition) is 1. The lowest BCUT2D eigenvalue weighted by atomic mass is 10.3. The van der Waals surface area contributed by atoms with E-state index in [4.69, 9.17) is 23.2 Å². The summed E-state index contributed by atoms with van der Waals surface area (Å²) in [5.74, 6) is 0.209. The molecule has 0 radical (unpaired) electrons. The molecule has 0 bridgehead atoms. The molecule has 96 valence electrons. The standard InChI is InChI=1S/C11H9Cl2F2N3/c12-7-2-1-3-8(13)10(7)17-6-9-16-4-5-18(9)11(14)15/h1-5,11,17H,6H2. The Morgan fingerprint density at radius 3 is 2.56 bits per heavy atom. The van der Waals surface area contributed by atoms with Gasteiger partial charge in [0.2, 0.25) is 0 Å². The maximum Gasteiger partial charge on any atom is 0.319 e. The Balaban J connectivity index is 2.14. The number of para-hydroxylation sites is 1. The maximum atomic E-state index is 12.6. The molecular weight excluding hydrogens is 283 g/mol. The van der Waals surface area contributed by atoms with Crippen LogP contribution in [-0.4, -0.2) is 9.55 Å². The summed E-state index contributed by atoms with van der Waals surface area (Å²) in [5.41, 5.74) is 0.504. The van der Waals surface area contributed by atoms with Crippen molar-refractivity contribution in [2.75, 3.05) is 5.32 Å². The topological polar surface area (TPSA) is 29.9 Å². The Labute approximate surface area is 112 Å². The fourth-order valence-electron chi connectivity index (χ4n) is 1.49. The maximum absolute atomic E-state index is 12.6. The molecule has 7 heteroatoms. The van der Waals surface area contributed by atoms with Crippen molar-refractivity contribution in [1.82, 2.24) is 9.55 Å². The second kappa shape index (κ2) is 5.54. The van der Waals surface area contributed by atoms with Crippen molar-refractivity contribution < 1.29 is 8.78 Å². The molecule has 0 amide bonds. The Bertz CT molecular complexity index is 523. The number of halogens is 4. The minimum atomic E-state index is -2.62. The van der Waals surface area contributed by atoms with Gasteiger partial charge in [-0.15, -0.1) is 0 Å². The normalized spacial score (nSPS) is 10.9. The second-order valence-electron chi connectivity index (χ2n) is 3.48.